The molecule has 7 heteroatoms. The molecule has 0 spiro atoms. The SMILES string of the molecule is OCCC(Nc1cccc(C(F)(F)F)n1)c1ccco1. The molecule has 0 aliphatic heterocycles. The lowest BCUT2D eigenvalue weighted by Gasteiger charge is -2.17. The first kappa shape index (κ1) is 14.4. The maximum Gasteiger partial charge on any atom is 0.433 e. The van der Waals surface area contributed by atoms with E-state index in [4.69, 9.17) is 9.52 Å². The van der Waals surface area contributed by atoms with Gasteiger partial charge in [-0.2, -0.15) is 13.2 Å². The van der Waals surface area contributed by atoms with Crippen LogP contribution in [0.5, 0.6) is 0 Å². The first-order chi connectivity index (χ1) is 9.50. The van der Waals surface area contributed by atoms with Gasteiger partial charge in [0.25, 0.3) is 0 Å². The van der Waals surface area contributed by atoms with Crippen LogP contribution in [0.3, 0.4) is 0 Å². The van der Waals surface area contributed by atoms with Crippen molar-refractivity contribution in [2.75, 3.05) is 11.9 Å². The zero-order chi connectivity index (χ0) is 14.6. The summed E-state index contributed by atoms with van der Waals surface area (Å²) in [5.41, 5.74) is -0.968. The summed E-state index contributed by atoms with van der Waals surface area (Å²) in [6.07, 6.45) is -2.73. The predicted octanol–water partition coefficient (Wildman–Crippen LogP) is 3.23. The predicted molar refractivity (Wildman–Crippen MR) is 66.0 cm³/mol. The first-order valence-corrected chi connectivity index (χ1v) is 5.96. The van der Waals surface area contributed by atoms with E-state index in [2.05, 4.69) is 10.3 Å². The van der Waals surface area contributed by atoms with Crippen molar-refractivity contribution in [3.63, 3.8) is 0 Å². The summed E-state index contributed by atoms with van der Waals surface area (Å²) in [5.74, 6) is 0.605. The molecule has 2 aromatic heterocycles. The molecular weight excluding hydrogens is 273 g/mol. The van der Waals surface area contributed by atoms with Gasteiger partial charge in [-0.25, -0.2) is 4.98 Å². The van der Waals surface area contributed by atoms with Crippen LogP contribution in [-0.4, -0.2) is 16.7 Å². The zero-order valence-corrected chi connectivity index (χ0v) is 10.4. The number of anilines is 1. The number of furan rings is 1. The Morgan fingerprint density at radius 3 is 2.65 bits per heavy atom. The minimum atomic E-state index is -4.49. The monoisotopic (exact) mass is 286 g/mol. The Morgan fingerprint density at radius 1 is 1.25 bits per heavy atom. The Labute approximate surface area is 113 Å². The highest BCUT2D eigenvalue weighted by Gasteiger charge is 2.32. The van der Waals surface area contributed by atoms with E-state index in [1.807, 2.05) is 0 Å². The van der Waals surface area contributed by atoms with Crippen molar-refractivity contribution in [1.29, 1.82) is 0 Å². The van der Waals surface area contributed by atoms with Gasteiger partial charge in [-0.1, -0.05) is 6.07 Å². The van der Waals surface area contributed by atoms with Crippen molar-refractivity contribution in [1.82, 2.24) is 4.98 Å². The second kappa shape index (κ2) is 5.96. The average Bonchev–Trinajstić information content (AvgIpc) is 2.91. The molecule has 0 radical (unpaired) electrons. The molecule has 0 aliphatic carbocycles. The van der Waals surface area contributed by atoms with E-state index in [1.54, 1.807) is 12.1 Å². The number of pyridine rings is 1. The van der Waals surface area contributed by atoms with Crippen LogP contribution >= 0.6 is 0 Å². The third kappa shape index (κ3) is 3.51. The summed E-state index contributed by atoms with van der Waals surface area (Å²) in [7, 11) is 0. The van der Waals surface area contributed by atoms with E-state index in [0.717, 1.165) is 6.07 Å². The highest BCUT2D eigenvalue weighted by Crippen LogP contribution is 2.29. The average molecular weight is 286 g/mol. The summed E-state index contributed by atoms with van der Waals surface area (Å²) < 4.78 is 42.9. The normalized spacial score (nSPS) is 13.2. The highest BCUT2D eigenvalue weighted by atomic mass is 19.4. The van der Waals surface area contributed by atoms with Crippen molar-refractivity contribution < 1.29 is 22.7 Å². The van der Waals surface area contributed by atoms with Crippen molar-refractivity contribution in [2.24, 2.45) is 0 Å². The maximum atomic E-state index is 12.6. The van der Waals surface area contributed by atoms with E-state index >= 15 is 0 Å². The second-order valence-corrected chi connectivity index (χ2v) is 4.13. The van der Waals surface area contributed by atoms with Crippen LogP contribution in [0, 0.1) is 0 Å². The van der Waals surface area contributed by atoms with Crippen molar-refractivity contribution >= 4 is 5.82 Å². The lowest BCUT2D eigenvalue weighted by Crippen LogP contribution is -2.15. The number of halogens is 3. The van der Waals surface area contributed by atoms with Crippen LogP contribution in [0.4, 0.5) is 19.0 Å². The van der Waals surface area contributed by atoms with Crippen LogP contribution in [0.2, 0.25) is 0 Å². The van der Waals surface area contributed by atoms with E-state index in [9.17, 15) is 13.2 Å². The Morgan fingerprint density at radius 2 is 2.05 bits per heavy atom. The van der Waals surface area contributed by atoms with Gasteiger partial charge in [-0.3, -0.25) is 0 Å². The lowest BCUT2D eigenvalue weighted by molar-refractivity contribution is -0.141. The number of rotatable bonds is 5. The van der Waals surface area contributed by atoms with Crippen molar-refractivity contribution in [3.8, 4) is 0 Å². The van der Waals surface area contributed by atoms with E-state index in [1.165, 1.54) is 18.4 Å². The number of aliphatic hydroxyl groups excluding tert-OH is 1. The van der Waals surface area contributed by atoms with Crippen LogP contribution in [-0.2, 0) is 6.18 Å². The highest BCUT2D eigenvalue weighted by molar-refractivity contribution is 5.38. The fraction of sp³-hybridized carbons (Fsp3) is 0.308. The molecule has 0 amide bonds. The molecule has 0 bridgehead atoms. The fourth-order valence-electron chi connectivity index (χ4n) is 1.76. The molecule has 4 nitrogen and oxygen atoms in total. The summed E-state index contributed by atoms with van der Waals surface area (Å²) >= 11 is 0. The molecule has 0 fully saturated rings. The van der Waals surface area contributed by atoms with Crippen LogP contribution < -0.4 is 5.32 Å². The first-order valence-electron chi connectivity index (χ1n) is 5.96. The van der Waals surface area contributed by atoms with Gasteiger partial charge >= 0.3 is 6.18 Å². The van der Waals surface area contributed by atoms with E-state index < -0.39 is 17.9 Å². The third-order valence-corrected chi connectivity index (χ3v) is 2.67. The molecule has 2 heterocycles. The second-order valence-electron chi connectivity index (χ2n) is 4.13. The summed E-state index contributed by atoms with van der Waals surface area (Å²) in [6, 6.07) is 6.52. The fourth-order valence-corrected chi connectivity index (χ4v) is 1.76. The number of alkyl halides is 3. The molecule has 2 rings (SSSR count). The molecule has 0 saturated heterocycles. The zero-order valence-electron chi connectivity index (χ0n) is 10.4. The minimum Gasteiger partial charge on any atom is -0.467 e. The smallest absolute Gasteiger partial charge is 0.433 e. The largest absolute Gasteiger partial charge is 0.467 e. The summed E-state index contributed by atoms with van der Waals surface area (Å²) in [5, 5.41) is 11.8. The molecule has 1 atom stereocenters. The van der Waals surface area contributed by atoms with Gasteiger partial charge in [0.2, 0.25) is 0 Å². The van der Waals surface area contributed by atoms with Gasteiger partial charge in [-0.05, 0) is 30.7 Å². The molecule has 2 N–H and O–H groups in total. The topological polar surface area (TPSA) is 58.3 Å². The standard InChI is InChI=1S/C13H13F3N2O2/c14-13(15,16)11-4-1-5-12(18-11)17-9(6-7-19)10-3-2-8-20-10/h1-5,8-9,19H,6-7H2,(H,17,18). The molecule has 0 aromatic carbocycles. The maximum absolute atomic E-state index is 12.6. The van der Waals surface area contributed by atoms with Gasteiger partial charge in [0.05, 0.1) is 12.3 Å². The lowest BCUT2D eigenvalue weighted by atomic mass is 10.1. The number of hydrogen-bond acceptors (Lipinski definition) is 4. The van der Waals surface area contributed by atoms with Crippen LogP contribution in [0.1, 0.15) is 23.9 Å². The Kier molecular flexibility index (Phi) is 4.29. The van der Waals surface area contributed by atoms with Gasteiger partial charge in [-0.15, -0.1) is 0 Å². The van der Waals surface area contributed by atoms with Crippen LogP contribution in [0.15, 0.2) is 41.0 Å². The molecular formula is C13H13F3N2O2. The number of hydrogen-bond donors (Lipinski definition) is 2. The molecule has 20 heavy (non-hydrogen) atoms. The Bertz CT molecular complexity index is 541. The van der Waals surface area contributed by atoms with Crippen LogP contribution in [0.25, 0.3) is 0 Å². The van der Waals surface area contributed by atoms with Gasteiger partial charge in [0.1, 0.15) is 17.3 Å². The molecule has 0 aliphatic rings. The third-order valence-electron chi connectivity index (χ3n) is 2.67. The number of nitrogens with zero attached hydrogens (tertiary/aromatic N) is 1. The van der Waals surface area contributed by atoms with Crippen molar-refractivity contribution in [2.45, 2.75) is 18.6 Å². The molecule has 108 valence electrons. The van der Waals surface area contributed by atoms with Gasteiger partial charge in [0.15, 0.2) is 0 Å². The van der Waals surface area contributed by atoms with E-state index in [0.29, 0.717) is 12.2 Å². The number of aliphatic hydroxyl groups is 1. The van der Waals surface area contributed by atoms with Crippen molar-refractivity contribution in [3.05, 3.63) is 48.0 Å². The summed E-state index contributed by atoms with van der Waals surface area (Å²) in [4.78, 5) is 3.52. The summed E-state index contributed by atoms with van der Waals surface area (Å²) in [6.45, 7) is -0.128. The molecule has 0 saturated carbocycles. The number of aromatic nitrogens is 1. The Balaban J connectivity index is 2.19. The minimum absolute atomic E-state index is 0.0784. The van der Waals surface area contributed by atoms with Gasteiger partial charge in [0, 0.05) is 6.61 Å². The van der Waals surface area contributed by atoms with Gasteiger partial charge < -0.3 is 14.8 Å². The molecule has 2 aromatic rings. The Hall–Kier alpha value is -2.02. The van der Waals surface area contributed by atoms with E-state index in [-0.39, 0.29) is 12.4 Å². The number of nitrogens with one attached hydrogen (secondary N) is 1. The molecule has 1 unspecified atom stereocenters. The quantitative estimate of drug-likeness (QED) is 0.886.